The minimum Gasteiger partial charge on any atom is -0.444 e. The highest BCUT2D eigenvalue weighted by molar-refractivity contribution is 7.11. The van der Waals surface area contributed by atoms with Crippen LogP contribution in [0, 0.1) is 6.92 Å². The van der Waals surface area contributed by atoms with Crippen LogP contribution in [0.15, 0.2) is 46.1 Å². The third-order valence-corrected chi connectivity index (χ3v) is 5.38. The second-order valence-corrected chi connectivity index (χ2v) is 7.66. The summed E-state index contributed by atoms with van der Waals surface area (Å²) in [5.41, 5.74) is 2.99. The molecule has 0 aliphatic heterocycles. The lowest BCUT2D eigenvalue weighted by molar-refractivity contribution is 0.572. The molecule has 2 N–H and O–H groups in total. The van der Waals surface area contributed by atoms with Crippen LogP contribution in [0.4, 0.5) is 0 Å². The van der Waals surface area contributed by atoms with Gasteiger partial charge in [-0.15, -0.1) is 11.3 Å². The molecule has 0 saturated heterocycles. The van der Waals surface area contributed by atoms with Crippen molar-refractivity contribution < 1.29 is 4.42 Å². The van der Waals surface area contributed by atoms with Crippen molar-refractivity contribution in [1.29, 1.82) is 0 Å². The molecule has 7 heteroatoms. The Balaban J connectivity index is 1.55. The second-order valence-electron chi connectivity index (χ2n) is 6.46. The van der Waals surface area contributed by atoms with E-state index in [1.165, 1.54) is 10.4 Å². The molecule has 3 rings (SSSR count). The summed E-state index contributed by atoms with van der Waals surface area (Å²) in [6.45, 7) is 8.32. The lowest BCUT2D eigenvalue weighted by Crippen LogP contribution is -2.38. The average Bonchev–Trinajstić information content (AvgIpc) is 3.36. The number of hydrogen-bond donors (Lipinski definition) is 2. The van der Waals surface area contributed by atoms with Crippen molar-refractivity contribution in [1.82, 2.24) is 20.6 Å². The Morgan fingerprint density at radius 2 is 2.00 bits per heavy atom. The SMILES string of the molecule is CCNC(=NCc1coc(-c2ccc(C)cc2)n1)NCCc1ncc(CC)s1. The van der Waals surface area contributed by atoms with Gasteiger partial charge in [-0.2, -0.15) is 0 Å². The number of hydrogen-bond acceptors (Lipinski definition) is 5. The number of aryl methyl sites for hydroxylation is 2. The van der Waals surface area contributed by atoms with Gasteiger partial charge in [0.25, 0.3) is 0 Å². The molecule has 28 heavy (non-hydrogen) atoms. The van der Waals surface area contributed by atoms with E-state index in [1.807, 2.05) is 18.3 Å². The molecule has 0 aliphatic carbocycles. The van der Waals surface area contributed by atoms with Crippen LogP contribution < -0.4 is 10.6 Å². The van der Waals surface area contributed by atoms with Gasteiger partial charge >= 0.3 is 0 Å². The molecule has 0 spiro atoms. The highest BCUT2D eigenvalue weighted by Gasteiger charge is 2.07. The first kappa shape index (κ1) is 20.1. The summed E-state index contributed by atoms with van der Waals surface area (Å²) in [5.74, 6) is 1.40. The van der Waals surface area contributed by atoms with Crippen LogP contribution in [-0.4, -0.2) is 29.0 Å². The third-order valence-electron chi connectivity index (χ3n) is 4.17. The number of aromatic nitrogens is 2. The van der Waals surface area contributed by atoms with E-state index in [2.05, 4.69) is 58.5 Å². The van der Waals surface area contributed by atoms with Gasteiger partial charge in [-0.3, -0.25) is 0 Å². The zero-order valence-corrected chi connectivity index (χ0v) is 17.5. The van der Waals surface area contributed by atoms with E-state index in [1.54, 1.807) is 17.6 Å². The molecule has 0 atom stereocenters. The molecular weight excluding hydrogens is 370 g/mol. The number of benzene rings is 1. The molecular formula is C21H27N5OS. The summed E-state index contributed by atoms with van der Waals surface area (Å²) in [6, 6.07) is 8.14. The summed E-state index contributed by atoms with van der Waals surface area (Å²) < 4.78 is 5.61. The molecule has 0 unspecified atom stereocenters. The largest absolute Gasteiger partial charge is 0.444 e. The zero-order chi connectivity index (χ0) is 19.8. The van der Waals surface area contributed by atoms with E-state index in [0.717, 1.165) is 48.2 Å². The van der Waals surface area contributed by atoms with Gasteiger partial charge in [0, 0.05) is 36.1 Å². The van der Waals surface area contributed by atoms with Crippen molar-refractivity contribution in [2.45, 2.75) is 40.2 Å². The monoisotopic (exact) mass is 397 g/mol. The lowest BCUT2D eigenvalue weighted by atomic mass is 10.1. The van der Waals surface area contributed by atoms with Crippen LogP contribution in [0.3, 0.4) is 0 Å². The van der Waals surface area contributed by atoms with E-state index >= 15 is 0 Å². The molecule has 2 aromatic heterocycles. The first-order chi connectivity index (χ1) is 13.7. The van der Waals surface area contributed by atoms with Crippen LogP contribution in [0.5, 0.6) is 0 Å². The van der Waals surface area contributed by atoms with Crippen molar-refractivity contribution in [2.24, 2.45) is 4.99 Å². The number of rotatable bonds is 8. The quantitative estimate of drug-likeness (QED) is 0.444. The highest BCUT2D eigenvalue weighted by atomic mass is 32.1. The molecule has 1 aromatic carbocycles. The first-order valence-corrected chi connectivity index (χ1v) is 10.5. The molecule has 6 nitrogen and oxygen atoms in total. The van der Waals surface area contributed by atoms with Crippen molar-refractivity contribution >= 4 is 17.3 Å². The summed E-state index contributed by atoms with van der Waals surface area (Å²) >= 11 is 1.78. The van der Waals surface area contributed by atoms with Crippen LogP contribution in [-0.2, 0) is 19.4 Å². The van der Waals surface area contributed by atoms with Gasteiger partial charge in [-0.05, 0) is 32.4 Å². The third kappa shape index (κ3) is 5.66. The Hall–Kier alpha value is -2.67. The minimum absolute atomic E-state index is 0.460. The van der Waals surface area contributed by atoms with Gasteiger partial charge in [-0.1, -0.05) is 24.6 Å². The van der Waals surface area contributed by atoms with E-state index in [-0.39, 0.29) is 0 Å². The fourth-order valence-corrected chi connectivity index (χ4v) is 3.49. The van der Waals surface area contributed by atoms with E-state index in [0.29, 0.717) is 12.4 Å². The number of guanidine groups is 1. The van der Waals surface area contributed by atoms with E-state index < -0.39 is 0 Å². The fraction of sp³-hybridized carbons (Fsp3) is 0.381. The van der Waals surface area contributed by atoms with Crippen molar-refractivity contribution in [3.05, 3.63) is 57.9 Å². The Morgan fingerprint density at radius 3 is 2.71 bits per heavy atom. The maximum absolute atomic E-state index is 5.61. The fourth-order valence-electron chi connectivity index (χ4n) is 2.63. The predicted octanol–water partition coefficient (Wildman–Crippen LogP) is 3.97. The number of thiazole rings is 1. The van der Waals surface area contributed by atoms with Crippen molar-refractivity contribution in [3.63, 3.8) is 0 Å². The van der Waals surface area contributed by atoms with Gasteiger partial charge in [0.05, 0.1) is 11.6 Å². The molecule has 2 heterocycles. The summed E-state index contributed by atoms with van der Waals surface area (Å²) in [4.78, 5) is 14.9. The molecule has 0 amide bonds. The van der Waals surface area contributed by atoms with Crippen LogP contribution in [0.25, 0.3) is 11.5 Å². The molecule has 0 fully saturated rings. The normalized spacial score (nSPS) is 11.6. The first-order valence-electron chi connectivity index (χ1n) is 9.65. The number of nitrogens with one attached hydrogen (secondary N) is 2. The predicted molar refractivity (Wildman–Crippen MR) is 115 cm³/mol. The molecule has 0 saturated carbocycles. The Kier molecular flexibility index (Phi) is 7.19. The molecule has 0 bridgehead atoms. The van der Waals surface area contributed by atoms with E-state index in [9.17, 15) is 0 Å². The molecule has 3 aromatic rings. The van der Waals surface area contributed by atoms with Gasteiger partial charge < -0.3 is 15.1 Å². The lowest BCUT2D eigenvalue weighted by Gasteiger charge is -2.10. The van der Waals surface area contributed by atoms with Crippen LogP contribution in [0.1, 0.15) is 35.0 Å². The van der Waals surface area contributed by atoms with Gasteiger partial charge in [0.2, 0.25) is 5.89 Å². The van der Waals surface area contributed by atoms with E-state index in [4.69, 9.17) is 4.42 Å². The summed E-state index contributed by atoms with van der Waals surface area (Å²) in [6.07, 6.45) is 5.56. The molecule has 0 radical (unpaired) electrons. The van der Waals surface area contributed by atoms with Crippen molar-refractivity contribution in [2.75, 3.05) is 13.1 Å². The molecule has 0 aliphatic rings. The Labute approximate surface area is 170 Å². The summed E-state index contributed by atoms with van der Waals surface area (Å²) in [5, 5.41) is 7.77. The number of aliphatic imine (C=N–C) groups is 1. The zero-order valence-electron chi connectivity index (χ0n) is 16.7. The number of nitrogens with zero attached hydrogens (tertiary/aromatic N) is 3. The van der Waals surface area contributed by atoms with Crippen molar-refractivity contribution in [3.8, 4) is 11.5 Å². The minimum atomic E-state index is 0.460. The van der Waals surface area contributed by atoms with Crippen LogP contribution in [0.2, 0.25) is 0 Å². The number of oxazole rings is 1. The maximum atomic E-state index is 5.61. The topological polar surface area (TPSA) is 75.3 Å². The Morgan fingerprint density at radius 1 is 1.18 bits per heavy atom. The van der Waals surface area contributed by atoms with Gasteiger partial charge in [-0.25, -0.2) is 15.0 Å². The maximum Gasteiger partial charge on any atom is 0.226 e. The van der Waals surface area contributed by atoms with Gasteiger partial charge in [0.1, 0.15) is 12.0 Å². The highest BCUT2D eigenvalue weighted by Crippen LogP contribution is 2.19. The summed E-state index contributed by atoms with van der Waals surface area (Å²) in [7, 11) is 0. The van der Waals surface area contributed by atoms with Crippen LogP contribution >= 0.6 is 11.3 Å². The van der Waals surface area contributed by atoms with Gasteiger partial charge in [0.15, 0.2) is 5.96 Å². The smallest absolute Gasteiger partial charge is 0.226 e. The Bertz CT molecular complexity index is 898. The standard InChI is InChI=1S/C21H27N5OS/c1-4-18-13-24-19(28-18)10-11-23-21(22-5-2)25-12-17-14-27-20(26-17)16-8-6-15(3)7-9-16/h6-9,13-14H,4-5,10-12H2,1-3H3,(H2,22,23,25). The average molecular weight is 398 g/mol. The second kappa shape index (κ2) is 10.0. The molecule has 148 valence electrons.